The van der Waals surface area contributed by atoms with Crippen molar-refractivity contribution in [1.82, 2.24) is 20.5 Å². The van der Waals surface area contributed by atoms with Crippen molar-refractivity contribution in [2.45, 2.75) is 45.7 Å². The van der Waals surface area contributed by atoms with Gasteiger partial charge in [-0.05, 0) is 38.8 Å². The molecule has 0 amide bonds. The Hall–Kier alpha value is -2.48. The van der Waals surface area contributed by atoms with E-state index in [1.54, 1.807) is 6.26 Å². The number of hydrogen-bond acceptors (Lipinski definition) is 4. The second-order valence-electron chi connectivity index (χ2n) is 7.32. The molecular formula is C21H29F2N5O. The van der Waals surface area contributed by atoms with Crippen LogP contribution >= 0.6 is 0 Å². The standard InChI is InChI=1S/C21H29F2N5O/c1-3-24-21(27-17-8-10-28(11-9-17)13-19(22)23)25-12-18-14-29-20(26-18)16-6-4-15(2)5-7-16/h4-7,14,17,19H,3,8-13H2,1-2H3,(H2,24,25,27). The van der Waals surface area contributed by atoms with E-state index in [1.807, 2.05) is 43.0 Å². The van der Waals surface area contributed by atoms with Gasteiger partial charge >= 0.3 is 0 Å². The number of aryl methyl sites for hydroxylation is 1. The van der Waals surface area contributed by atoms with E-state index in [2.05, 4.69) is 20.6 Å². The highest BCUT2D eigenvalue weighted by Gasteiger charge is 2.22. The molecule has 1 aromatic carbocycles. The summed E-state index contributed by atoms with van der Waals surface area (Å²) in [5.41, 5.74) is 2.88. The van der Waals surface area contributed by atoms with E-state index in [0.717, 1.165) is 30.6 Å². The molecule has 1 aromatic heterocycles. The van der Waals surface area contributed by atoms with Crippen LogP contribution in [0.15, 0.2) is 39.9 Å². The smallest absolute Gasteiger partial charge is 0.251 e. The maximum atomic E-state index is 12.5. The zero-order valence-electron chi connectivity index (χ0n) is 17.0. The number of aliphatic imine (C=N–C) groups is 1. The third kappa shape index (κ3) is 6.52. The van der Waals surface area contributed by atoms with Gasteiger partial charge in [0.1, 0.15) is 12.0 Å². The first-order chi connectivity index (χ1) is 14.0. The van der Waals surface area contributed by atoms with Crippen molar-refractivity contribution in [3.8, 4) is 11.5 Å². The fraction of sp³-hybridized carbons (Fsp3) is 0.524. The van der Waals surface area contributed by atoms with Gasteiger partial charge in [-0.1, -0.05) is 17.7 Å². The number of rotatable bonds is 7. The Morgan fingerprint density at radius 2 is 2.00 bits per heavy atom. The average molecular weight is 405 g/mol. The zero-order chi connectivity index (χ0) is 20.6. The van der Waals surface area contributed by atoms with Crippen LogP contribution in [0.2, 0.25) is 0 Å². The maximum Gasteiger partial charge on any atom is 0.251 e. The molecular weight excluding hydrogens is 376 g/mol. The summed E-state index contributed by atoms with van der Waals surface area (Å²) in [7, 11) is 0. The fourth-order valence-corrected chi connectivity index (χ4v) is 3.34. The Bertz CT molecular complexity index is 783. The predicted octanol–water partition coefficient (Wildman–Crippen LogP) is 3.43. The lowest BCUT2D eigenvalue weighted by molar-refractivity contribution is 0.0744. The molecule has 3 rings (SSSR count). The summed E-state index contributed by atoms with van der Waals surface area (Å²) >= 11 is 0. The van der Waals surface area contributed by atoms with Crippen molar-refractivity contribution in [1.29, 1.82) is 0 Å². The molecule has 1 saturated heterocycles. The van der Waals surface area contributed by atoms with Crippen molar-refractivity contribution < 1.29 is 13.2 Å². The topological polar surface area (TPSA) is 65.7 Å². The van der Waals surface area contributed by atoms with Crippen molar-refractivity contribution in [3.63, 3.8) is 0 Å². The normalized spacial score (nSPS) is 16.4. The van der Waals surface area contributed by atoms with Crippen molar-refractivity contribution >= 4 is 5.96 Å². The highest BCUT2D eigenvalue weighted by molar-refractivity contribution is 5.80. The van der Waals surface area contributed by atoms with Crippen LogP contribution in [0.5, 0.6) is 0 Å². The number of halogens is 2. The molecule has 1 fully saturated rings. The third-order valence-corrected chi connectivity index (χ3v) is 4.92. The van der Waals surface area contributed by atoms with E-state index in [1.165, 1.54) is 5.56 Å². The number of oxazole rings is 1. The third-order valence-electron chi connectivity index (χ3n) is 4.92. The van der Waals surface area contributed by atoms with Gasteiger partial charge in [-0.3, -0.25) is 4.90 Å². The second kappa shape index (κ2) is 10.3. The second-order valence-corrected chi connectivity index (χ2v) is 7.32. The Kier molecular flexibility index (Phi) is 7.57. The quantitative estimate of drug-likeness (QED) is 0.546. The summed E-state index contributed by atoms with van der Waals surface area (Å²) in [5, 5.41) is 6.65. The molecule has 0 aliphatic carbocycles. The number of nitrogens with one attached hydrogen (secondary N) is 2. The lowest BCUT2D eigenvalue weighted by Gasteiger charge is -2.32. The Balaban J connectivity index is 1.55. The van der Waals surface area contributed by atoms with E-state index in [4.69, 9.17) is 4.42 Å². The molecule has 158 valence electrons. The summed E-state index contributed by atoms with van der Waals surface area (Å²) in [6.07, 6.45) is 0.994. The first kappa shape index (κ1) is 21.2. The predicted molar refractivity (Wildman–Crippen MR) is 110 cm³/mol. The number of benzene rings is 1. The molecule has 29 heavy (non-hydrogen) atoms. The van der Waals surface area contributed by atoms with E-state index in [-0.39, 0.29) is 12.6 Å². The highest BCUT2D eigenvalue weighted by atomic mass is 19.3. The number of hydrogen-bond donors (Lipinski definition) is 2. The molecule has 0 bridgehead atoms. The zero-order valence-corrected chi connectivity index (χ0v) is 17.0. The number of aromatic nitrogens is 1. The molecule has 2 heterocycles. The number of likely N-dealkylation sites (tertiary alicyclic amines) is 1. The number of alkyl halides is 2. The van der Waals surface area contributed by atoms with Crippen LogP contribution < -0.4 is 10.6 Å². The highest BCUT2D eigenvalue weighted by Crippen LogP contribution is 2.19. The molecule has 2 N–H and O–H groups in total. The van der Waals surface area contributed by atoms with Gasteiger partial charge < -0.3 is 15.1 Å². The summed E-state index contributed by atoms with van der Waals surface area (Å²) < 4.78 is 30.6. The van der Waals surface area contributed by atoms with Gasteiger partial charge in [-0.2, -0.15) is 0 Å². The summed E-state index contributed by atoms with van der Waals surface area (Å²) in [4.78, 5) is 10.9. The van der Waals surface area contributed by atoms with Gasteiger partial charge in [0.05, 0.1) is 13.1 Å². The van der Waals surface area contributed by atoms with Gasteiger partial charge in [0.15, 0.2) is 5.96 Å². The maximum absolute atomic E-state index is 12.5. The first-order valence-electron chi connectivity index (χ1n) is 10.1. The minimum atomic E-state index is -2.27. The minimum Gasteiger partial charge on any atom is -0.444 e. The van der Waals surface area contributed by atoms with Crippen molar-refractivity contribution in [2.75, 3.05) is 26.2 Å². The van der Waals surface area contributed by atoms with Gasteiger partial charge in [0, 0.05) is 31.2 Å². The molecule has 0 spiro atoms. The molecule has 1 aliphatic rings. The number of nitrogens with zero attached hydrogens (tertiary/aromatic N) is 3. The van der Waals surface area contributed by atoms with Crippen LogP contribution in [-0.4, -0.2) is 54.5 Å². The Morgan fingerprint density at radius 3 is 2.66 bits per heavy atom. The van der Waals surface area contributed by atoms with Crippen LogP contribution in [0.25, 0.3) is 11.5 Å². The van der Waals surface area contributed by atoms with Crippen molar-refractivity contribution in [2.24, 2.45) is 4.99 Å². The van der Waals surface area contributed by atoms with E-state index in [0.29, 0.717) is 31.5 Å². The molecule has 2 aromatic rings. The summed E-state index contributed by atoms with van der Waals surface area (Å²) in [6.45, 7) is 6.38. The molecule has 0 saturated carbocycles. The van der Waals surface area contributed by atoms with Crippen LogP contribution in [0.1, 0.15) is 31.0 Å². The monoisotopic (exact) mass is 405 g/mol. The molecule has 6 nitrogen and oxygen atoms in total. The SMILES string of the molecule is CCNC(=NCc1coc(-c2ccc(C)cc2)n1)NC1CCN(CC(F)F)CC1. The van der Waals surface area contributed by atoms with Crippen molar-refractivity contribution in [3.05, 3.63) is 41.8 Å². The molecule has 1 aliphatic heterocycles. The minimum absolute atomic E-state index is 0.143. The lowest BCUT2D eigenvalue weighted by Crippen LogP contribution is -2.49. The summed E-state index contributed by atoms with van der Waals surface area (Å²) in [5.74, 6) is 1.29. The average Bonchev–Trinajstić information content (AvgIpc) is 3.17. The molecule has 0 radical (unpaired) electrons. The summed E-state index contributed by atoms with van der Waals surface area (Å²) in [6, 6.07) is 8.25. The van der Waals surface area contributed by atoms with Gasteiger partial charge in [-0.15, -0.1) is 0 Å². The van der Waals surface area contributed by atoms with Gasteiger partial charge in [-0.25, -0.2) is 18.8 Å². The lowest BCUT2D eigenvalue weighted by atomic mass is 10.1. The first-order valence-corrected chi connectivity index (χ1v) is 10.1. The fourth-order valence-electron chi connectivity index (χ4n) is 3.34. The van der Waals surface area contributed by atoms with Gasteiger partial charge in [0.25, 0.3) is 6.43 Å². The molecule has 0 unspecified atom stereocenters. The van der Waals surface area contributed by atoms with Crippen LogP contribution in [0.3, 0.4) is 0 Å². The number of guanidine groups is 1. The van der Waals surface area contributed by atoms with Crippen LogP contribution in [0.4, 0.5) is 8.78 Å². The Labute approximate surface area is 170 Å². The Morgan fingerprint density at radius 1 is 1.28 bits per heavy atom. The van der Waals surface area contributed by atoms with Gasteiger partial charge in [0.2, 0.25) is 5.89 Å². The largest absolute Gasteiger partial charge is 0.444 e. The molecule has 8 heteroatoms. The van der Waals surface area contributed by atoms with E-state index >= 15 is 0 Å². The number of piperidine rings is 1. The van der Waals surface area contributed by atoms with Crippen LogP contribution in [-0.2, 0) is 6.54 Å². The van der Waals surface area contributed by atoms with E-state index < -0.39 is 6.43 Å². The van der Waals surface area contributed by atoms with E-state index in [9.17, 15) is 8.78 Å². The molecule has 0 atom stereocenters. The van der Waals surface area contributed by atoms with Crippen LogP contribution in [0, 0.1) is 6.92 Å².